The third kappa shape index (κ3) is 4.07. The molecular weight excluding hydrogens is 336 g/mol. The van der Waals surface area contributed by atoms with Gasteiger partial charge in [0, 0.05) is 38.2 Å². The van der Waals surface area contributed by atoms with Gasteiger partial charge in [-0.15, -0.1) is 0 Å². The van der Waals surface area contributed by atoms with Crippen molar-refractivity contribution in [1.82, 2.24) is 20.7 Å². The number of morpholine rings is 1. The third-order valence-electron chi connectivity index (χ3n) is 5.39. The van der Waals surface area contributed by atoms with Crippen LogP contribution in [0, 0.1) is 11.8 Å². The molecule has 2 saturated heterocycles. The van der Waals surface area contributed by atoms with Crippen molar-refractivity contribution < 1.29 is 18.8 Å². The number of carbonyl (C=O) groups excluding carboxylic acids is 2. The minimum absolute atomic E-state index is 0.0343. The van der Waals surface area contributed by atoms with E-state index in [4.69, 9.17) is 9.26 Å². The van der Waals surface area contributed by atoms with Crippen molar-refractivity contribution in [3.8, 4) is 0 Å². The second kappa shape index (κ2) is 7.75. The molecule has 142 valence electrons. The van der Waals surface area contributed by atoms with E-state index in [1.165, 1.54) is 0 Å². The quantitative estimate of drug-likeness (QED) is 0.780. The maximum absolute atomic E-state index is 12.6. The van der Waals surface area contributed by atoms with Gasteiger partial charge in [-0.2, -0.15) is 0 Å². The van der Waals surface area contributed by atoms with Gasteiger partial charge in [-0.25, -0.2) is 0 Å². The number of nitrogens with one attached hydrogen (secondary N) is 2. The summed E-state index contributed by atoms with van der Waals surface area (Å²) >= 11 is 0. The first-order chi connectivity index (χ1) is 12.7. The molecule has 2 unspecified atom stereocenters. The minimum atomic E-state index is -0.200. The largest absolute Gasteiger partial charge is 0.378 e. The Bertz CT molecular complexity index is 651. The minimum Gasteiger partial charge on any atom is -0.378 e. The predicted octanol–water partition coefficient (Wildman–Crippen LogP) is 0.253. The molecule has 0 aromatic carbocycles. The molecule has 3 heterocycles. The van der Waals surface area contributed by atoms with E-state index >= 15 is 0 Å². The van der Waals surface area contributed by atoms with Crippen LogP contribution in [0.2, 0.25) is 0 Å². The summed E-state index contributed by atoms with van der Waals surface area (Å²) in [6.07, 6.45) is 2.90. The van der Waals surface area contributed by atoms with Crippen molar-refractivity contribution in [2.75, 3.05) is 39.4 Å². The van der Waals surface area contributed by atoms with E-state index in [-0.39, 0.29) is 23.7 Å². The molecule has 0 bridgehead atoms. The molecule has 1 aromatic heterocycles. The monoisotopic (exact) mass is 362 g/mol. The topological polar surface area (TPSA) is 96.7 Å². The first-order valence-electron chi connectivity index (χ1n) is 9.51. The molecule has 2 N–H and O–H groups in total. The van der Waals surface area contributed by atoms with E-state index < -0.39 is 0 Å². The lowest BCUT2D eigenvalue weighted by molar-refractivity contribution is -0.141. The Morgan fingerprint density at radius 3 is 2.77 bits per heavy atom. The van der Waals surface area contributed by atoms with Crippen LogP contribution in [0.25, 0.3) is 0 Å². The molecule has 8 heteroatoms. The van der Waals surface area contributed by atoms with Crippen LogP contribution in [0.5, 0.6) is 0 Å². The third-order valence-corrected chi connectivity index (χ3v) is 5.39. The van der Waals surface area contributed by atoms with Crippen LogP contribution in [0.15, 0.2) is 10.6 Å². The van der Waals surface area contributed by atoms with Gasteiger partial charge in [0.05, 0.1) is 31.6 Å². The fraction of sp³-hybridized carbons (Fsp3) is 0.722. The number of aromatic nitrogens is 1. The Morgan fingerprint density at radius 1 is 1.23 bits per heavy atom. The highest BCUT2D eigenvalue weighted by molar-refractivity contribution is 5.83. The molecule has 26 heavy (non-hydrogen) atoms. The summed E-state index contributed by atoms with van der Waals surface area (Å²) in [5.74, 6) is 1.18. The standard InChI is InChI=1S/C18H26N4O4/c23-17(20-11-15-8-16(26-21-15)12-1-2-12)13-7-14(10-19-9-13)18(24)22-3-5-25-6-4-22/h8,12-14,19H,1-7,9-11H2,(H,20,23). The average molecular weight is 362 g/mol. The van der Waals surface area contributed by atoms with Gasteiger partial charge >= 0.3 is 0 Å². The van der Waals surface area contributed by atoms with Crippen LogP contribution < -0.4 is 10.6 Å². The lowest BCUT2D eigenvalue weighted by atomic mass is 9.88. The second-order valence-corrected chi connectivity index (χ2v) is 7.44. The van der Waals surface area contributed by atoms with Gasteiger partial charge in [0.25, 0.3) is 0 Å². The van der Waals surface area contributed by atoms with Crippen molar-refractivity contribution in [3.05, 3.63) is 17.5 Å². The van der Waals surface area contributed by atoms with E-state index in [1.54, 1.807) is 0 Å². The molecular formula is C18H26N4O4. The fourth-order valence-corrected chi connectivity index (χ4v) is 3.67. The van der Waals surface area contributed by atoms with Crippen molar-refractivity contribution in [2.24, 2.45) is 11.8 Å². The molecule has 2 atom stereocenters. The number of amides is 2. The average Bonchev–Trinajstić information content (AvgIpc) is 3.44. The molecule has 1 saturated carbocycles. The predicted molar refractivity (Wildman–Crippen MR) is 92.2 cm³/mol. The maximum atomic E-state index is 12.6. The van der Waals surface area contributed by atoms with Crippen LogP contribution in [-0.4, -0.2) is 61.3 Å². The summed E-state index contributed by atoms with van der Waals surface area (Å²) < 4.78 is 10.6. The zero-order valence-electron chi connectivity index (χ0n) is 14.9. The number of nitrogens with zero attached hydrogens (tertiary/aromatic N) is 2. The van der Waals surface area contributed by atoms with E-state index in [0.717, 1.165) is 24.3 Å². The molecule has 0 spiro atoms. The first kappa shape index (κ1) is 17.5. The first-order valence-corrected chi connectivity index (χ1v) is 9.51. The summed E-state index contributed by atoms with van der Waals surface area (Å²) in [5.41, 5.74) is 0.755. The van der Waals surface area contributed by atoms with Gasteiger partial charge in [-0.05, 0) is 19.3 Å². The van der Waals surface area contributed by atoms with E-state index in [0.29, 0.717) is 58.3 Å². The number of rotatable bonds is 5. The summed E-state index contributed by atoms with van der Waals surface area (Å²) in [5, 5.41) is 10.2. The lowest BCUT2D eigenvalue weighted by Crippen LogP contribution is -2.51. The molecule has 1 aliphatic carbocycles. The molecule has 2 amide bonds. The molecule has 3 aliphatic rings. The fourth-order valence-electron chi connectivity index (χ4n) is 3.67. The Labute approximate surface area is 152 Å². The normalized spacial score (nSPS) is 26.5. The number of hydrogen-bond acceptors (Lipinski definition) is 6. The van der Waals surface area contributed by atoms with Crippen LogP contribution >= 0.6 is 0 Å². The molecule has 8 nitrogen and oxygen atoms in total. The van der Waals surface area contributed by atoms with Crippen molar-refractivity contribution >= 4 is 11.8 Å². The number of piperidine rings is 1. The zero-order chi connectivity index (χ0) is 17.9. The van der Waals surface area contributed by atoms with E-state index in [2.05, 4.69) is 15.8 Å². The summed E-state index contributed by atoms with van der Waals surface area (Å²) in [6.45, 7) is 4.07. The molecule has 2 aliphatic heterocycles. The SMILES string of the molecule is O=C(NCc1cc(C2CC2)on1)C1CNCC(C(=O)N2CCOCC2)C1. The Morgan fingerprint density at radius 2 is 2.00 bits per heavy atom. The summed E-state index contributed by atoms with van der Waals surface area (Å²) in [4.78, 5) is 27.0. The van der Waals surface area contributed by atoms with Gasteiger partial charge < -0.3 is 24.8 Å². The van der Waals surface area contributed by atoms with E-state index in [9.17, 15) is 9.59 Å². The molecule has 0 radical (unpaired) electrons. The molecule has 4 rings (SSSR count). The number of ether oxygens (including phenoxy) is 1. The number of carbonyl (C=O) groups is 2. The van der Waals surface area contributed by atoms with Gasteiger partial charge in [0.2, 0.25) is 11.8 Å². The van der Waals surface area contributed by atoms with Crippen LogP contribution in [0.4, 0.5) is 0 Å². The van der Waals surface area contributed by atoms with Crippen molar-refractivity contribution in [3.63, 3.8) is 0 Å². The molecule has 3 fully saturated rings. The van der Waals surface area contributed by atoms with Crippen molar-refractivity contribution in [2.45, 2.75) is 31.7 Å². The van der Waals surface area contributed by atoms with Crippen LogP contribution in [-0.2, 0) is 20.9 Å². The zero-order valence-corrected chi connectivity index (χ0v) is 14.9. The second-order valence-electron chi connectivity index (χ2n) is 7.44. The van der Waals surface area contributed by atoms with Crippen LogP contribution in [0.3, 0.4) is 0 Å². The highest BCUT2D eigenvalue weighted by atomic mass is 16.5. The van der Waals surface area contributed by atoms with Gasteiger partial charge in [0.15, 0.2) is 0 Å². The highest BCUT2D eigenvalue weighted by Gasteiger charge is 2.34. The number of hydrogen-bond donors (Lipinski definition) is 2. The Hall–Kier alpha value is -1.93. The maximum Gasteiger partial charge on any atom is 0.227 e. The van der Waals surface area contributed by atoms with Crippen LogP contribution in [0.1, 0.15) is 36.6 Å². The lowest BCUT2D eigenvalue weighted by Gasteiger charge is -2.34. The van der Waals surface area contributed by atoms with Crippen molar-refractivity contribution in [1.29, 1.82) is 0 Å². The summed E-state index contributed by atoms with van der Waals surface area (Å²) in [6, 6.07) is 1.93. The smallest absolute Gasteiger partial charge is 0.227 e. The highest BCUT2D eigenvalue weighted by Crippen LogP contribution is 2.40. The van der Waals surface area contributed by atoms with Gasteiger partial charge in [-0.1, -0.05) is 5.16 Å². The van der Waals surface area contributed by atoms with E-state index in [1.807, 2.05) is 11.0 Å². The molecule has 1 aromatic rings. The summed E-state index contributed by atoms with van der Waals surface area (Å²) in [7, 11) is 0. The van der Waals surface area contributed by atoms with Gasteiger partial charge in [-0.3, -0.25) is 9.59 Å². The Balaban J connectivity index is 1.27. The Kier molecular flexibility index (Phi) is 5.21. The van der Waals surface area contributed by atoms with Gasteiger partial charge in [0.1, 0.15) is 11.5 Å².